The van der Waals surface area contributed by atoms with Gasteiger partial charge in [0.2, 0.25) is 0 Å². The van der Waals surface area contributed by atoms with Gasteiger partial charge >= 0.3 is 5.97 Å². The Bertz CT molecular complexity index is 565. The normalized spacial score (nSPS) is 47.3. The minimum Gasteiger partial charge on any atom is -0.469 e. The fourth-order valence-electron chi connectivity index (χ4n) is 6.11. The van der Waals surface area contributed by atoms with Gasteiger partial charge in [0.05, 0.1) is 24.0 Å². The number of ether oxygens (including phenoxy) is 1. The predicted octanol–water partition coefficient (Wildman–Crippen LogP) is 3.25. The summed E-state index contributed by atoms with van der Waals surface area (Å²) in [6.07, 6.45) is 5.29. The molecule has 0 heterocycles. The third-order valence-electron chi connectivity index (χ3n) is 7.11. The summed E-state index contributed by atoms with van der Waals surface area (Å²) in [4.78, 5) is 24.5. The van der Waals surface area contributed by atoms with Gasteiger partial charge in [-0.05, 0) is 49.9 Å². The maximum absolute atomic E-state index is 12.5. The van der Waals surface area contributed by atoms with Gasteiger partial charge in [-0.25, -0.2) is 0 Å². The zero-order valence-electron chi connectivity index (χ0n) is 13.8. The van der Waals surface area contributed by atoms with Crippen LogP contribution in [0.2, 0.25) is 0 Å². The Morgan fingerprint density at radius 2 is 2.05 bits per heavy atom. The van der Waals surface area contributed by atoms with Crippen LogP contribution in [-0.4, -0.2) is 18.9 Å². The molecule has 3 aliphatic rings. The highest BCUT2D eigenvalue weighted by atomic mass is 16.5. The lowest BCUT2D eigenvalue weighted by Gasteiger charge is -2.50. The molecule has 3 rings (SSSR count). The first-order valence-electron chi connectivity index (χ1n) is 8.34. The number of nitriles is 1. The first kappa shape index (κ1) is 15.5. The molecule has 0 spiro atoms. The van der Waals surface area contributed by atoms with E-state index in [9.17, 15) is 14.9 Å². The molecule has 5 atom stereocenters. The molecule has 0 saturated heterocycles. The van der Waals surface area contributed by atoms with Crippen molar-refractivity contribution in [3.8, 4) is 6.07 Å². The third-order valence-corrected chi connectivity index (χ3v) is 7.11. The second kappa shape index (κ2) is 4.81. The van der Waals surface area contributed by atoms with Crippen LogP contribution in [0.25, 0.3) is 0 Å². The molecule has 0 aromatic heterocycles. The highest BCUT2D eigenvalue weighted by molar-refractivity contribution is 5.81. The molecule has 3 fully saturated rings. The Hall–Kier alpha value is -1.37. The molecule has 4 heteroatoms. The van der Waals surface area contributed by atoms with Crippen molar-refractivity contribution in [2.75, 3.05) is 7.11 Å². The molecule has 0 radical (unpaired) electrons. The lowest BCUT2D eigenvalue weighted by atomic mass is 9.54. The van der Waals surface area contributed by atoms with Crippen molar-refractivity contribution >= 4 is 11.8 Å². The zero-order valence-corrected chi connectivity index (χ0v) is 13.8. The van der Waals surface area contributed by atoms with Gasteiger partial charge in [-0.1, -0.05) is 13.3 Å². The Morgan fingerprint density at radius 3 is 2.68 bits per heavy atom. The topological polar surface area (TPSA) is 67.2 Å². The third kappa shape index (κ3) is 1.81. The summed E-state index contributed by atoms with van der Waals surface area (Å²) < 4.78 is 5.10. The van der Waals surface area contributed by atoms with E-state index >= 15 is 0 Å². The number of esters is 1. The number of hydrogen-bond acceptors (Lipinski definition) is 4. The summed E-state index contributed by atoms with van der Waals surface area (Å²) in [5.74, 6) is 0.426. The molecule has 3 aliphatic carbocycles. The average Bonchev–Trinajstić information content (AvgIpc) is 2.77. The molecule has 3 saturated carbocycles. The van der Waals surface area contributed by atoms with E-state index in [1.807, 2.05) is 6.92 Å². The van der Waals surface area contributed by atoms with Gasteiger partial charge in [0.1, 0.15) is 5.78 Å². The molecule has 0 bridgehead atoms. The monoisotopic (exact) mass is 303 g/mol. The Labute approximate surface area is 132 Å². The molecule has 0 aliphatic heterocycles. The van der Waals surface area contributed by atoms with E-state index in [1.54, 1.807) is 0 Å². The second-order valence-corrected chi connectivity index (χ2v) is 8.10. The van der Waals surface area contributed by atoms with E-state index < -0.39 is 10.8 Å². The SMILES string of the molecule is COC(=O)[C@@]1(C)CCC[C@@]2(C)[C@H]1C[C@@]1(C#N)CC(=O)CC[C@@H]12. The first-order chi connectivity index (χ1) is 10.3. The Balaban J connectivity index is 2.07. The van der Waals surface area contributed by atoms with E-state index in [1.165, 1.54) is 7.11 Å². The fourth-order valence-corrected chi connectivity index (χ4v) is 6.11. The molecular formula is C18H25NO3. The number of carbonyl (C=O) groups excluding carboxylic acids is 2. The smallest absolute Gasteiger partial charge is 0.311 e. The highest BCUT2D eigenvalue weighted by Crippen LogP contribution is 2.70. The van der Waals surface area contributed by atoms with Gasteiger partial charge in [0.25, 0.3) is 0 Å². The second-order valence-electron chi connectivity index (χ2n) is 8.10. The number of carbonyl (C=O) groups is 2. The lowest BCUT2D eigenvalue weighted by molar-refractivity contribution is -0.163. The van der Waals surface area contributed by atoms with Crippen molar-refractivity contribution in [2.45, 2.75) is 58.8 Å². The van der Waals surface area contributed by atoms with E-state index in [-0.39, 0.29) is 29.0 Å². The Morgan fingerprint density at radius 1 is 1.32 bits per heavy atom. The number of hydrogen-bond donors (Lipinski definition) is 0. The maximum Gasteiger partial charge on any atom is 0.311 e. The summed E-state index contributed by atoms with van der Waals surface area (Å²) in [5.41, 5.74) is -1.11. The van der Waals surface area contributed by atoms with E-state index in [0.717, 1.165) is 25.7 Å². The van der Waals surface area contributed by atoms with Crippen molar-refractivity contribution in [3.05, 3.63) is 0 Å². The minimum absolute atomic E-state index is 0.0301. The van der Waals surface area contributed by atoms with E-state index in [0.29, 0.717) is 19.3 Å². The number of rotatable bonds is 1. The molecule has 0 aromatic carbocycles. The first-order valence-corrected chi connectivity index (χ1v) is 8.34. The molecule has 120 valence electrons. The molecule has 22 heavy (non-hydrogen) atoms. The van der Waals surface area contributed by atoms with Gasteiger partial charge in [-0.3, -0.25) is 9.59 Å². The van der Waals surface area contributed by atoms with Crippen molar-refractivity contribution < 1.29 is 14.3 Å². The van der Waals surface area contributed by atoms with Gasteiger partial charge in [0.15, 0.2) is 0 Å². The molecule has 0 aromatic rings. The number of nitrogens with zero attached hydrogens (tertiary/aromatic N) is 1. The summed E-state index contributed by atoms with van der Waals surface area (Å²) >= 11 is 0. The fraction of sp³-hybridized carbons (Fsp3) is 0.833. The van der Waals surface area contributed by atoms with Gasteiger partial charge in [-0.15, -0.1) is 0 Å². The largest absolute Gasteiger partial charge is 0.469 e. The summed E-state index contributed by atoms with van der Waals surface area (Å²) in [6, 6.07) is 2.51. The van der Waals surface area contributed by atoms with Crippen LogP contribution >= 0.6 is 0 Å². The minimum atomic E-state index is -0.561. The van der Waals surface area contributed by atoms with Gasteiger partial charge in [-0.2, -0.15) is 5.26 Å². The number of fused-ring (bicyclic) bond motifs is 3. The van der Waals surface area contributed by atoms with Crippen LogP contribution in [0.4, 0.5) is 0 Å². The van der Waals surface area contributed by atoms with Crippen LogP contribution in [0, 0.1) is 39.4 Å². The summed E-state index contributed by atoms with van der Waals surface area (Å²) in [7, 11) is 1.45. The average molecular weight is 303 g/mol. The molecular weight excluding hydrogens is 278 g/mol. The standard InChI is InChI=1S/C18H25NO3/c1-16-7-4-8-17(2,15(21)22-3)14(16)10-18(11-19)9-12(20)5-6-13(16)18/h13-14H,4-10H2,1-3H3/t13-,14-,16-,17+,18-/m1/s1. The van der Waals surface area contributed by atoms with Crippen LogP contribution in [0.5, 0.6) is 0 Å². The lowest BCUT2D eigenvalue weighted by Crippen LogP contribution is -2.48. The van der Waals surface area contributed by atoms with Crippen molar-refractivity contribution in [1.29, 1.82) is 5.26 Å². The number of ketones is 1. The van der Waals surface area contributed by atoms with Crippen LogP contribution in [0.3, 0.4) is 0 Å². The van der Waals surface area contributed by atoms with Crippen LogP contribution in [0.1, 0.15) is 58.8 Å². The van der Waals surface area contributed by atoms with Crippen molar-refractivity contribution in [3.63, 3.8) is 0 Å². The molecule has 0 N–H and O–H groups in total. The predicted molar refractivity (Wildman–Crippen MR) is 80.6 cm³/mol. The van der Waals surface area contributed by atoms with E-state index in [2.05, 4.69) is 13.0 Å². The summed E-state index contributed by atoms with van der Waals surface area (Å²) in [6.45, 7) is 4.25. The van der Waals surface area contributed by atoms with Gasteiger partial charge in [0, 0.05) is 12.8 Å². The van der Waals surface area contributed by atoms with Crippen LogP contribution in [0.15, 0.2) is 0 Å². The van der Waals surface area contributed by atoms with Crippen LogP contribution < -0.4 is 0 Å². The van der Waals surface area contributed by atoms with Crippen molar-refractivity contribution in [1.82, 2.24) is 0 Å². The number of Topliss-reactive ketones (excluding diaryl/α,β-unsaturated/α-hetero) is 1. The maximum atomic E-state index is 12.5. The van der Waals surface area contributed by atoms with E-state index in [4.69, 9.17) is 4.74 Å². The zero-order chi connectivity index (χ0) is 16.2. The van der Waals surface area contributed by atoms with Gasteiger partial charge < -0.3 is 4.74 Å². The van der Waals surface area contributed by atoms with Crippen molar-refractivity contribution in [2.24, 2.45) is 28.1 Å². The molecule has 0 amide bonds. The molecule has 0 unspecified atom stereocenters. The molecule has 4 nitrogen and oxygen atoms in total. The Kier molecular flexibility index (Phi) is 3.39. The van der Waals surface area contributed by atoms with Crippen LogP contribution in [-0.2, 0) is 14.3 Å². The highest BCUT2D eigenvalue weighted by Gasteiger charge is 2.67. The summed E-state index contributed by atoms with van der Waals surface area (Å²) in [5, 5.41) is 9.88. The quantitative estimate of drug-likeness (QED) is 0.697. The number of methoxy groups -OCH3 is 1.